The molecule has 1 saturated carbocycles. The van der Waals surface area contributed by atoms with Crippen molar-refractivity contribution in [2.75, 3.05) is 25.5 Å². The molecule has 1 aliphatic carbocycles. The van der Waals surface area contributed by atoms with E-state index in [1.54, 1.807) is 16.7 Å². The Morgan fingerprint density at radius 3 is 2.92 bits per heavy atom. The van der Waals surface area contributed by atoms with E-state index < -0.39 is 20.1 Å². The van der Waals surface area contributed by atoms with Crippen LogP contribution >= 0.6 is 20.0 Å². The van der Waals surface area contributed by atoms with Crippen molar-refractivity contribution >= 4 is 43.2 Å². The summed E-state index contributed by atoms with van der Waals surface area (Å²) in [5.74, 6) is 0.00737. The standard InChI is InChI=1S/C22H27ClN5O7P/c23-16-5-3-4-15(10-16)11-33-36(34-13-32-22(30)35-17-6-1-2-7-17)14-31-9-8-28-12-25-18-19(28)26-21(24)27-20(18)29/h3-5,10,12,17H,1-2,6-9,11,13-14H2,(H3,24,26,27,29). The molecule has 0 amide bonds. The third kappa shape index (κ3) is 7.62. The number of ether oxygens (including phenoxy) is 3. The molecule has 1 aromatic carbocycles. The average Bonchev–Trinajstić information content (AvgIpc) is 3.50. The number of benzene rings is 1. The van der Waals surface area contributed by atoms with Crippen LogP contribution in [0, 0.1) is 0 Å². The highest BCUT2D eigenvalue weighted by atomic mass is 35.5. The van der Waals surface area contributed by atoms with Crippen LogP contribution in [0.4, 0.5) is 10.7 Å². The Balaban J connectivity index is 1.27. The Morgan fingerprint density at radius 2 is 2.11 bits per heavy atom. The number of rotatable bonds is 12. The van der Waals surface area contributed by atoms with Crippen molar-refractivity contribution in [1.82, 2.24) is 19.5 Å². The van der Waals surface area contributed by atoms with Crippen LogP contribution in [0.15, 0.2) is 35.4 Å². The fourth-order valence-electron chi connectivity index (χ4n) is 3.63. The molecule has 12 nitrogen and oxygen atoms in total. The van der Waals surface area contributed by atoms with E-state index in [9.17, 15) is 9.59 Å². The van der Waals surface area contributed by atoms with Gasteiger partial charge in [0.15, 0.2) is 11.2 Å². The molecular weight excluding hydrogens is 513 g/mol. The van der Waals surface area contributed by atoms with Gasteiger partial charge in [-0.25, -0.2) is 9.78 Å². The zero-order valence-electron chi connectivity index (χ0n) is 19.4. The number of imidazole rings is 1. The highest BCUT2D eigenvalue weighted by Gasteiger charge is 2.21. The van der Waals surface area contributed by atoms with Crippen LogP contribution in [-0.2, 0) is 36.4 Å². The lowest BCUT2D eigenvalue weighted by Crippen LogP contribution is -2.17. The molecule has 0 spiro atoms. The van der Waals surface area contributed by atoms with Crippen LogP contribution in [0.3, 0.4) is 0 Å². The molecule has 3 N–H and O–H groups in total. The quantitative estimate of drug-likeness (QED) is 0.150. The molecule has 0 aliphatic heterocycles. The molecule has 1 atom stereocenters. The molecule has 1 fully saturated rings. The third-order valence-corrected chi connectivity index (χ3v) is 6.81. The summed E-state index contributed by atoms with van der Waals surface area (Å²) in [7, 11) is -1.57. The Hall–Kier alpha value is -2.76. The molecule has 2 aromatic heterocycles. The molecule has 1 aliphatic rings. The minimum absolute atomic E-state index is 0.00737. The number of aromatic nitrogens is 4. The number of fused-ring (bicyclic) bond motifs is 1. The second-order valence-corrected chi connectivity index (χ2v) is 9.88. The van der Waals surface area contributed by atoms with E-state index in [1.165, 1.54) is 6.33 Å². The zero-order chi connectivity index (χ0) is 25.3. The van der Waals surface area contributed by atoms with Crippen molar-refractivity contribution < 1.29 is 28.1 Å². The first kappa shape index (κ1) is 26.3. The molecule has 2 heterocycles. The van der Waals surface area contributed by atoms with E-state index in [1.807, 2.05) is 12.1 Å². The largest absolute Gasteiger partial charge is 0.510 e. The number of nitrogens with two attached hydrogens (primary N) is 1. The second-order valence-electron chi connectivity index (χ2n) is 8.00. The van der Waals surface area contributed by atoms with Gasteiger partial charge in [-0.3, -0.25) is 14.3 Å². The summed E-state index contributed by atoms with van der Waals surface area (Å²) in [5.41, 5.74) is 6.64. The van der Waals surface area contributed by atoms with Crippen molar-refractivity contribution in [2.24, 2.45) is 0 Å². The number of nitrogens with one attached hydrogen (secondary N) is 1. The lowest BCUT2D eigenvalue weighted by atomic mass is 10.2. The van der Waals surface area contributed by atoms with Gasteiger partial charge >= 0.3 is 6.16 Å². The number of carbonyl (C=O) groups excluding carboxylic acids is 1. The Morgan fingerprint density at radius 1 is 1.28 bits per heavy atom. The van der Waals surface area contributed by atoms with Crippen LogP contribution in [-0.4, -0.2) is 51.5 Å². The van der Waals surface area contributed by atoms with E-state index in [4.69, 9.17) is 40.6 Å². The summed E-state index contributed by atoms with van der Waals surface area (Å²) in [6.45, 7) is 0.537. The minimum atomic E-state index is -1.57. The van der Waals surface area contributed by atoms with Gasteiger partial charge < -0.3 is 29.0 Å². The fourth-order valence-corrected chi connectivity index (χ4v) is 4.81. The van der Waals surface area contributed by atoms with E-state index >= 15 is 0 Å². The van der Waals surface area contributed by atoms with Crippen molar-refractivity contribution in [1.29, 1.82) is 0 Å². The van der Waals surface area contributed by atoms with Gasteiger partial charge in [0.25, 0.3) is 5.56 Å². The maximum absolute atomic E-state index is 11.9. The molecule has 0 saturated heterocycles. The van der Waals surface area contributed by atoms with Gasteiger partial charge in [-0.2, -0.15) is 4.98 Å². The predicted octanol–water partition coefficient (Wildman–Crippen LogP) is 3.93. The fraction of sp³-hybridized carbons (Fsp3) is 0.455. The number of nitrogen functional groups attached to an aromatic ring is 1. The number of carbonyl (C=O) groups is 1. The highest BCUT2D eigenvalue weighted by Crippen LogP contribution is 2.39. The van der Waals surface area contributed by atoms with Crippen LogP contribution < -0.4 is 11.3 Å². The van der Waals surface area contributed by atoms with Gasteiger partial charge in [0.05, 0.1) is 19.5 Å². The van der Waals surface area contributed by atoms with Crippen molar-refractivity contribution in [3.8, 4) is 0 Å². The van der Waals surface area contributed by atoms with Crippen LogP contribution in [0.2, 0.25) is 5.02 Å². The molecule has 0 bridgehead atoms. The highest BCUT2D eigenvalue weighted by molar-refractivity contribution is 7.46. The van der Waals surface area contributed by atoms with Crippen LogP contribution in [0.1, 0.15) is 31.2 Å². The van der Waals surface area contributed by atoms with Crippen molar-refractivity contribution in [3.05, 3.63) is 51.5 Å². The molecule has 1 unspecified atom stereocenters. The van der Waals surface area contributed by atoms with E-state index in [0.717, 1.165) is 31.2 Å². The van der Waals surface area contributed by atoms with Gasteiger partial charge in [-0.1, -0.05) is 23.7 Å². The minimum Gasteiger partial charge on any atom is -0.431 e. The molecule has 194 valence electrons. The summed E-state index contributed by atoms with van der Waals surface area (Å²) >= 11 is 6.04. The van der Waals surface area contributed by atoms with E-state index in [2.05, 4.69) is 15.0 Å². The molecule has 3 aromatic rings. The maximum atomic E-state index is 11.9. The summed E-state index contributed by atoms with van der Waals surface area (Å²) in [6, 6.07) is 7.26. The summed E-state index contributed by atoms with van der Waals surface area (Å²) in [5, 5.41) is 0.594. The topological polar surface area (TPSA) is 153 Å². The summed E-state index contributed by atoms with van der Waals surface area (Å²) < 4.78 is 29.2. The van der Waals surface area contributed by atoms with Gasteiger partial charge in [0.1, 0.15) is 12.5 Å². The zero-order valence-corrected chi connectivity index (χ0v) is 21.1. The predicted molar refractivity (Wildman–Crippen MR) is 132 cm³/mol. The van der Waals surface area contributed by atoms with Crippen LogP contribution in [0.5, 0.6) is 0 Å². The SMILES string of the molecule is Nc1nc2c(ncn2CCOCP(OCOC(=O)OC2CCCC2)OCc2cccc(Cl)c2)c(=O)[nH]1. The number of halogens is 1. The van der Waals surface area contributed by atoms with Gasteiger partial charge in [0, 0.05) is 11.6 Å². The first-order valence-electron chi connectivity index (χ1n) is 11.4. The normalized spacial score (nSPS) is 14.8. The first-order valence-corrected chi connectivity index (χ1v) is 13.1. The monoisotopic (exact) mass is 539 g/mol. The lowest BCUT2D eigenvalue weighted by Gasteiger charge is -2.18. The number of H-pyrrole nitrogens is 1. The van der Waals surface area contributed by atoms with Crippen molar-refractivity contribution in [3.63, 3.8) is 0 Å². The number of aromatic amines is 1. The molecule has 14 heteroatoms. The summed E-state index contributed by atoms with van der Waals surface area (Å²) in [4.78, 5) is 34.4. The van der Waals surface area contributed by atoms with Gasteiger partial charge in [-0.15, -0.1) is 0 Å². The molecule has 36 heavy (non-hydrogen) atoms. The maximum Gasteiger partial charge on any atom is 0.510 e. The smallest absolute Gasteiger partial charge is 0.431 e. The van der Waals surface area contributed by atoms with E-state index in [0.29, 0.717) is 17.2 Å². The molecule has 0 radical (unpaired) electrons. The molecular formula is C22H27ClN5O7P. The van der Waals surface area contributed by atoms with Gasteiger partial charge in [-0.05, 0) is 43.4 Å². The second kappa shape index (κ2) is 13.0. The first-order chi connectivity index (χ1) is 17.5. The lowest BCUT2D eigenvalue weighted by molar-refractivity contribution is -0.0164. The number of hydrogen-bond acceptors (Lipinski definition) is 10. The Labute approximate surface area is 212 Å². The Bertz CT molecular complexity index is 1220. The number of anilines is 1. The Kier molecular flexibility index (Phi) is 9.48. The number of nitrogens with zero attached hydrogens (tertiary/aromatic N) is 3. The average molecular weight is 540 g/mol. The third-order valence-electron chi connectivity index (χ3n) is 5.37. The molecule has 4 rings (SSSR count). The van der Waals surface area contributed by atoms with Crippen LogP contribution in [0.25, 0.3) is 11.2 Å². The summed E-state index contributed by atoms with van der Waals surface area (Å²) in [6.07, 6.45) is 4.53. The number of hydrogen-bond donors (Lipinski definition) is 2. The van der Waals surface area contributed by atoms with Crippen molar-refractivity contribution in [2.45, 2.75) is 44.9 Å². The van der Waals surface area contributed by atoms with Gasteiger partial charge in [0.2, 0.25) is 21.1 Å². The van der Waals surface area contributed by atoms with E-state index in [-0.39, 0.29) is 43.9 Å².